The normalized spacial score (nSPS) is 10.7. The number of alkyl halides is 6. The molecule has 4 heterocycles. The Morgan fingerprint density at radius 1 is 0.333 bits per heavy atom. The van der Waals surface area contributed by atoms with Crippen molar-refractivity contribution in [2.75, 3.05) is 16.0 Å². The molecule has 2 radical (unpaired) electrons. The first kappa shape index (κ1) is 76.6. The van der Waals surface area contributed by atoms with E-state index in [2.05, 4.69) is 216 Å². The van der Waals surface area contributed by atoms with Crippen LogP contribution in [0.25, 0.3) is 0 Å². The van der Waals surface area contributed by atoms with Gasteiger partial charge in [0.1, 0.15) is 0 Å². The topological polar surface area (TPSA) is 111 Å². The average molecular weight is 1470 g/mol. The third-order valence-corrected chi connectivity index (χ3v) is 14.5. The van der Waals surface area contributed by atoms with Crippen molar-refractivity contribution >= 4 is 132 Å². The Balaban J connectivity index is 0.00000101. The summed E-state index contributed by atoms with van der Waals surface area (Å²) in [6.45, 7) is 7.17. The number of aromatic nitrogens is 8. The van der Waals surface area contributed by atoms with Crippen molar-refractivity contribution in [2.45, 2.75) is 0 Å². The van der Waals surface area contributed by atoms with Crippen LogP contribution >= 0.6 is 93.3 Å². The molecule has 81 heavy (non-hydrogen) atoms. The molecule has 10 aromatic rings. The van der Waals surface area contributed by atoms with Gasteiger partial charge in [-0.2, -0.15) is 0 Å². The molecular formula is C53H48BCl6F6N8O2P3Rh2-2. The summed E-state index contributed by atoms with van der Waals surface area (Å²) in [6.07, 6.45) is 14.4. The molecule has 0 saturated carbocycles. The maximum atomic E-state index is 9.87. The minimum Gasteiger partial charge on any atom is -0.379 e. The molecule has 10 nitrogen and oxygen atoms in total. The standard InChI is InChI=1S/2C18H15P.C12H12BN8.3CH2Cl2.2CO.F6P.2Rh/c2*1-4-10-16(11-5-1)19(17-12-6-2-7-13-17)18-14-8-3-9-15-18;1-5-14-18(9-1)13(19-10-2-6-15-19,20-11-3-7-16-20)21-12-4-8-17-21;3*2-1-3;2*1-2;1-7(2,3,4,5)6;;/h2*1-15H;1-12H;3*1H2;;;;;/q;;-1;;;;;;-1;;. The Bertz CT molecular complexity index is 2640. The van der Waals surface area contributed by atoms with Crippen LogP contribution in [-0.4, -0.2) is 61.5 Å². The first-order valence-electron chi connectivity index (χ1n) is 22.4. The van der Waals surface area contributed by atoms with Gasteiger partial charge in [0.2, 0.25) is 0 Å². The van der Waals surface area contributed by atoms with Gasteiger partial charge in [0, 0.05) is 63.7 Å². The van der Waals surface area contributed by atoms with Crippen molar-refractivity contribution in [3.63, 3.8) is 0 Å². The summed E-state index contributed by atoms with van der Waals surface area (Å²) in [4.78, 5) is 0. The molecule has 0 spiro atoms. The van der Waals surface area contributed by atoms with E-state index in [-0.39, 0.29) is 55.0 Å². The Labute approximate surface area is 524 Å². The van der Waals surface area contributed by atoms with Crippen LogP contribution in [0.2, 0.25) is 0 Å². The molecule has 0 aliphatic carbocycles. The van der Waals surface area contributed by atoms with E-state index in [0.29, 0.717) is 0 Å². The van der Waals surface area contributed by atoms with Crippen molar-refractivity contribution in [3.8, 4) is 0 Å². The summed E-state index contributed by atoms with van der Waals surface area (Å²) in [6, 6.07) is 72.1. The summed E-state index contributed by atoms with van der Waals surface area (Å²) < 4.78 is 81.4. The van der Waals surface area contributed by atoms with E-state index in [9.17, 15) is 25.2 Å². The third-order valence-electron chi connectivity index (χ3n) is 9.61. The fourth-order valence-electron chi connectivity index (χ4n) is 7.03. The fourth-order valence-corrected chi connectivity index (χ4v) is 11.6. The first-order chi connectivity index (χ1) is 38.0. The van der Waals surface area contributed by atoms with E-state index in [1.165, 1.54) is 31.8 Å². The number of nitrogens with zero attached hydrogens (tertiary/aromatic N) is 8. The van der Waals surface area contributed by atoms with Crippen LogP contribution in [0.4, 0.5) is 25.2 Å². The Hall–Kier alpha value is -4.44. The van der Waals surface area contributed by atoms with E-state index < -0.39 is 30.3 Å². The summed E-state index contributed by atoms with van der Waals surface area (Å²) in [7, 11) is -11.5. The minimum atomic E-state index is -10.7. The summed E-state index contributed by atoms with van der Waals surface area (Å²) in [5.74, 6) is 0. The van der Waals surface area contributed by atoms with Crippen LogP contribution in [-0.2, 0) is 48.3 Å². The Morgan fingerprint density at radius 3 is 0.580 bits per heavy atom. The molecule has 434 valence electrons. The molecule has 0 fully saturated rings. The Kier molecular flexibility index (Phi) is 38.5. The molecule has 28 heteroatoms. The molecule has 0 aliphatic heterocycles. The zero-order chi connectivity index (χ0) is 58.5. The molecule has 6 aromatic carbocycles. The predicted octanol–water partition coefficient (Wildman–Crippen LogP) is 14.9. The van der Waals surface area contributed by atoms with Gasteiger partial charge in [-0.15, -0.1) is 69.6 Å². The molecule has 10 rings (SSSR count). The molecule has 0 saturated heterocycles. The van der Waals surface area contributed by atoms with E-state index in [1.54, 1.807) is 24.8 Å². The second-order valence-corrected chi connectivity index (χ2v) is 23.4. The number of halogens is 12. The SMILES string of the molecule is ClCCl.ClCCl.ClCCl.F[P-](F)(F)(F)(F)F.[C-]#[O+].[C-]#[O+].[Rh].[Rh].c1ccc(P(c2ccccc2)c2ccccc2)cc1.c1ccc(P(c2ccccc2)c2ccccc2)cc1.c1cnn([B-](n2cccn2)(n2cccn2)n2cccn2)c1. The van der Waals surface area contributed by atoms with Gasteiger partial charge in [-0.3, -0.25) is 0 Å². The summed E-state index contributed by atoms with van der Waals surface area (Å²) in [5, 5.41) is 26.6. The molecular weight excluding hydrogens is 1420 g/mol. The molecule has 0 unspecified atom stereocenters. The van der Waals surface area contributed by atoms with Crippen molar-refractivity contribution in [1.82, 2.24) is 38.8 Å². The van der Waals surface area contributed by atoms with E-state index in [4.69, 9.17) is 78.9 Å². The van der Waals surface area contributed by atoms with Crippen LogP contribution in [0.5, 0.6) is 0 Å². The van der Waals surface area contributed by atoms with Gasteiger partial charge in [-0.1, -0.05) is 182 Å². The summed E-state index contributed by atoms with van der Waals surface area (Å²) in [5.41, 5.74) is 0. The van der Waals surface area contributed by atoms with E-state index in [1.807, 2.05) is 67.4 Å². The molecule has 0 amide bonds. The number of hydrogen-bond acceptors (Lipinski definition) is 4. The first-order valence-corrected chi connectivity index (χ1v) is 30.3. The molecule has 0 atom stereocenters. The van der Waals surface area contributed by atoms with Crippen molar-refractivity contribution in [3.05, 3.63) is 269 Å². The molecule has 4 aromatic heterocycles. The quantitative estimate of drug-likeness (QED) is 0.0339. The van der Waals surface area contributed by atoms with Crippen molar-refractivity contribution in [1.29, 1.82) is 0 Å². The van der Waals surface area contributed by atoms with Gasteiger partial charge in [0.25, 0.3) is 0 Å². The van der Waals surface area contributed by atoms with Crippen LogP contribution < -0.4 is 31.8 Å². The largest absolute Gasteiger partial charge is 0.466 e. The predicted molar refractivity (Wildman–Crippen MR) is 318 cm³/mol. The average Bonchev–Trinajstić information content (AvgIpc) is 4.35. The van der Waals surface area contributed by atoms with Gasteiger partial charge in [-0.05, 0) is 96.7 Å². The third kappa shape index (κ3) is 28.6. The van der Waals surface area contributed by atoms with E-state index >= 15 is 0 Å². The number of rotatable bonds is 10. The van der Waals surface area contributed by atoms with Crippen LogP contribution in [0, 0.1) is 13.3 Å². The van der Waals surface area contributed by atoms with Crippen molar-refractivity contribution in [2.24, 2.45) is 0 Å². The van der Waals surface area contributed by atoms with Gasteiger partial charge < -0.3 is 18.4 Å². The van der Waals surface area contributed by atoms with Crippen LogP contribution in [0.15, 0.2) is 256 Å². The molecule has 0 N–H and O–H groups in total. The molecule has 0 aliphatic rings. The monoisotopic (exact) mass is 1460 g/mol. The maximum Gasteiger partial charge on any atom is 0.466 e. The van der Waals surface area contributed by atoms with E-state index in [0.717, 1.165) is 0 Å². The fraction of sp³-hybridized carbons (Fsp3) is 0.0566. The second kappa shape index (κ2) is 40.7. The van der Waals surface area contributed by atoms with Gasteiger partial charge >= 0.3 is 62.3 Å². The smallest absolute Gasteiger partial charge is 0.379 e. The van der Waals surface area contributed by atoms with Crippen LogP contribution in [0.1, 0.15) is 0 Å². The number of benzene rings is 6. The summed E-state index contributed by atoms with van der Waals surface area (Å²) >= 11 is 28.6. The molecule has 0 bridgehead atoms. The van der Waals surface area contributed by atoms with Gasteiger partial charge in [-0.25, -0.2) is 20.4 Å². The van der Waals surface area contributed by atoms with Crippen LogP contribution in [0.3, 0.4) is 0 Å². The van der Waals surface area contributed by atoms with Gasteiger partial charge in [0.15, 0.2) is 0 Å². The zero-order valence-corrected chi connectivity index (χ0v) is 52.4. The van der Waals surface area contributed by atoms with Gasteiger partial charge in [0.05, 0.1) is 16.0 Å². The second-order valence-electron chi connectivity index (χ2n) is 14.6. The van der Waals surface area contributed by atoms with Crippen molar-refractivity contribution < 1.29 is 73.4 Å². The zero-order valence-electron chi connectivity index (χ0n) is 41.9. The number of hydrogen-bond donors (Lipinski definition) is 0. The Morgan fingerprint density at radius 2 is 0.469 bits per heavy atom. The maximum absolute atomic E-state index is 10.7. The minimum absolute atomic E-state index is 0.